The third-order valence-corrected chi connectivity index (χ3v) is 6.31. The highest BCUT2D eigenvalue weighted by Crippen LogP contribution is 2.37. The molecule has 6 rings (SSSR count). The summed E-state index contributed by atoms with van der Waals surface area (Å²) in [5.41, 5.74) is 3.03. The van der Waals surface area contributed by atoms with E-state index in [4.69, 9.17) is 4.42 Å². The predicted molar refractivity (Wildman–Crippen MR) is 117 cm³/mol. The fourth-order valence-corrected chi connectivity index (χ4v) is 4.57. The number of nitrogens with zero attached hydrogens (tertiary/aromatic N) is 4. The number of piperazine rings is 1. The first kappa shape index (κ1) is 20.5. The molecule has 2 aromatic carbocycles. The number of oxazole rings is 1. The van der Waals surface area contributed by atoms with Crippen molar-refractivity contribution in [1.29, 1.82) is 0 Å². The number of fused-ring (bicyclic) bond motifs is 2. The molecule has 1 atom stereocenters. The largest absolute Gasteiger partial charge is 0.582 e. The number of phenols is 2. The van der Waals surface area contributed by atoms with Crippen molar-refractivity contribution in [3.8, 4) is 11.5 Å². The topological polar surface area (TPSA) is 150 Å². The number of phenolic OH excluding ortho intramolecular Hbond substituents is 2. The van der Waals surface area contributed by atoms with Crippen LogP contribution in [0, 0.1) is 5.21 Å². The Labute approximate surface area is 192 Å². The van der Waals surface area contributed by atoms with Crippen LogP contribution in [-0.2, 0) is 0 Å². The zero-order chi connectivity index (χ0) is 23.6. The normalized spacial score (nSPS) is 20.7. The molecular formula is C22H20N6O6. The van der Waals surface area contributed by atoms with E-state index in [0.29, 0.717) is 37.8 Å². The number of anilines is 1. The summed E-state index contributed by atoms with van der Waals surface area (Å²) in [5, 5.41) is 33.6. The summed E-state index contributed by atoms with van der Waals surface area (Å²) in [6.45, 7) is 2.41. The number of allylic oxidation sites excluding steroid dienone is 2. The SMILES string of the molecule is O=C1C2=C(C(=O)c3c(O)ccc(O)c31)N(CN1CCN(c3nc4ccccc4o3)CC1)[NH+]([O-])N2. The molecule has 0 radical (unpaired) electrons. The van der Waals surface area contributed by atoms with E-state index in [1.165, 1.54) is 5.01 Å². The van der Waals surface area contributed by atoms with E-state index >= 15 is 0 Å². The average molecular weight is 464 g/mol. The van der Waals surface area contributed by atoms with Crippen LogP contribution in [0.1, 0.15) is 20.7 Å². The molecule has 1 aliphatic carbocycles. The van der Waals surface area contributed by atoms with E-state index in [-0.39, 0.29) is 29.2 Å². The summed E-state index contributed by atoms with van der Waals surface area (Å²) in [6, 6.07) is 10.3. The maximum absolute atomic E-state index is 13.2. The van der Waals surface area contributed by atoms with Crippen molar-refractivity contribution in [3.05, 3.63) is 64.1 Å². The molecule has 1 saturated heterocycles. The van der Waals surface area contributed by atoms with Crippen molar-refractivity contribution in [1.82, 2.24) is 20.3 Å². The molecule has 12 heteroatoms. The molecular weight excluding hydrogens is 444 g/mol. The molecule has 0 spiro atoms. The van der Waals surface area contributed by atoms with E-state index in [1.807, 2.05) is 34.1 Å². The number of aromatic nitrogens is 1. The first-order chi connectivity index (χ1) is 16.4. The van der Waals surface area contributed by atoms with E-state index < -0.39 is 28.3 Å². The van der Waals surface area contributed by atoms with Crippen LogP contribution in [0.4, 0.5) is 6.01 Å². The molecule has 3 aliphatic rings. The number of Topliss-reactive ketones (excluding diaryl/α,β-unsaturated/α-hetero) is 2. The molecule has 174 valence electrons. The lowest BCUT2D eigenvalue weighted by molar-refractivity contribution is -0.994. The summed E-state index contributed by atoms with van der Waals surface area (Å²) in [6.07, 6.45) is 0. The molecule has 0 saturated carbocycles. The second-order valence-electron chi connectivity index (χ2n) is 8.30. The van der Waals surface area contributed by atoms with Gasteiger partial charge in [0.25, 0.3) is 6.01 Å². The van der Waals surface area contributed by atoms with Crippen LogP contribution < -0.4 is 15.6 Å². The Balaban J connectivity index is 1.20. The number of rotatable bonds is 3. The van der Waals surface area contributed by atoms with Crippen LogP contribution in [-0.4, -0.2) is 69.5 Å². The van der Waals surface area contributed by atoms with Crippen molar-refractivity contribution >= 4 is 28.7 Å². The molecule has 1 aromatic heterocycles. The fraction of sp³-hybridized carbons (Fsp3) is 0.227. The zero-order valence-electron chi connectivity index (χ0n) is 17.8. The number of nitrogens with one attached hydrogen (secondary N) is 2. The first-order valence-corrected chi connectivity index (χ1v) is 10.7. The smallest absolute Gasteiger partial charge is 0.298 e. The molecule has 12 nitrogen and oxygen atoms in total. The minimum atomic E-state index is -0.713. The second kappa shape index (κ2) is 7.45. The van der Waals surface area contributed by atoms with Gasteiger partial charge in [0.1, 0.15) is 23.7 Å². The van der Waals surface area contributed by atoms with Gasteiger partial charge in [0.05, 0.1) is 11.1 Å². The van der Waals surface area contributed by atoms with Crippen LogP contribution in [0.3, 0.4) is 0 Å². The molecule has 0 amide bonds. The molecule has 0 bridgehead atoms. The number of para-hydroxylation sites is 2. The second-order valence-corrected chi connectivity index (χ2v) is 8.30. The van der Waals surface area contributed by atoms with Gasteiger partial charge >= 0.3 is 0 Å². The highest BCUT2D eigenvalue weighted by Gasteiger charge is 2.46. The molecule has 1 unspecified atom stereocenters. The summed E-state index contributed by atoms with van der Waals surface area (Å²) in [4.78, 5) is 34.6. The minimum absolute atomic E-state index is 0.0833. The van der Waals surface area contributed by atoms with E-state index in [0.717, 1.165) is 17.6 Å². The Bertz CT molecular complexity index is 1340. The molecule has 2 aliphatic heterocycles. The molecule has 1 fully saturated rings. The summed E-state index contributed by atoms with van der Waals surface area (Å²) in [5.74, 6) is -2.26. The number of hydrogen-bond donors (Lipinski definition) is 4. The van der Waals surface area contributed by atoms with Crippen LogP contribution >= 0.6 is 0 Å². The van der Waals surface area contributed by atoms with Gasteiger partial charge in [-0.2, -0.15) is 15.3 Å². The van der Waals surface area contributed by atoms with Crippen molar-refractivity contribution in [3.63, 3.8) is 0 Å². The minimum Gasteiger partial charge on any atom is -0.582 e. The van der Waals surface area contributed by atoms with Crippen molar-refractivity contribution < 1.29 is 29.5 Å². The standard InChI is InChI=1S/C22H20N6O6/c29-13-5-6-14(30)17-16(13)20(31)18-19(21(17)32)27(28(33)24-18)11-25-7-9-26(10-8-25)22-23-12-3-1-2-4-15(12)34-22/h1-6,24,28-30H,7-11H2. The van der Waals surface area contributed by atoms with E-state index in [9.17, 15) is 25.0 Å². The summed E-state index contributed by atoms with van der Waals surface area (Å²) in [7, 11) is 0. The highest BCUT2D eigenvalue weighted by atomic mass is 16.6. The number of ketones is 2. The Morgan fingerprint density at radius 1 is 1.00 bits per heavy atom. The molecule has 3 aromatic rings. The van der Waals surface area contributed by atoms with Gasteiger partial charge in [-0.3, -0.25) is 14.5 Å². The number of carbonyl (C=O) groups is 2. The molecule has 4 N–H and O–H groups in total. The van der Waals surface area contributed by atoms with Gasteiger partial charge in [-0.1, -0.05) is 12.1 Å². The maximum Gasteiger partial charge on any atom is 0.298 e. The Morgan fingerprint density at radius 2 is 1.68 bits per heavy atom. The van der Waals surface area contributed by atoms with Crippen LogP contribution in [0.25, 0.3) is 11.1 Å². The maximum atomic E-state index is 13.2. The molecule has 34 heavy (non-hydrogen) atoms. The van der Waals surface area contributed by atoms with Gasteiger partial charge in [-0.15, -0.1) is 0 Å². The van der Waals surface area contributed by atoms with Crippen LogP contribution in [0.15, 0.2) is 52.2 Å². The number of carbonyl (C=O) groups excluding carboxylic acids is 2. The zero-order valence-corrected chi connectivity index (χ0v) is 17.8. The summed E-state index contributed by atoms with van der Waals surface area (Å²) < 4.78 is 5.83. The number of hydrogen-bond acceptors (Lipinski definition) is 11. The third-order valence-electron chi connectivity index (χ3n) is 6.31. The first-order valence-electron chi connectivity index (χ1n) is 10.7. The van der Waals surface area contributed by atoms with Crippen LogP contribution in [0.2, 0.25) is 0 Å². The lowest BCUT2D eigenvalue weighted by Crippen LogP contribution is -3.18. The lowest BCUT2D eigenvalue weighted by atomic mass is 9.89. The number of benzene rings is 2. The number of aromatic hydroxyl groups is 2. The monoisotopic (exact) mass is 464 g/mol. The summed E-state index contributed by atoms with van der Waals surface area (Å²) >= 11 is 0. The van der Waals surface area contributed by atoms with Gasteiger partial charge in [-0.25, -0.2) is 5.43 Å². The highest BCUT2D eigenvalue weighted by molar-refractivity contribution is 6.28. The van der Waals surface area contributed by atoms with Gasteiger partial charge < -0.3 is 24.7 Å². The van der Waals surface area contributed by atoms with Crippen LogP contribution in [0.5, 0.6) is 11.5 Å². The molecule has 3 heterocycles. The van der Waals surface area contributed by atoms with E-state index in [1.54, 1.807) is 0 Å². The van der Waals surface area contributed by atoms with Gasteiger partial charge in [0, 0.05) is 26.2 Å². The fourth-order valence-electron chi connectivity index (χ4n) is 4.57. The Hall–Kier alpha value is -4.13. The predicted octanol–water partition coefficient (Wildman–Crippen LogP) is -0.273. The quantitative estimate of drug-likeness (QED) is 0.300. The Morgan fingerprint density at radius 3 is 2.38 bits per heavy atom. The average Bonchev–Trinajstić information content (AvgIpc) is 3.41. The Kier molecular flexibility index (Phi) is 4.49. The van der Waals surface area contributed by atoms with Gasteiger partial charge in [-0.05, 0) is 24.3 Å². The number of quaternary nitrogens is 1. The van der Waals surface area contributed by atoms with Gasteiger partial charge in [0.15, 0.2) is 17.0 Å². The van der Waals surface area contributed by atoms with Gasteiger partial charge in [0.2, 0.25) is 11.6 Å². The van der Waals surface area contributed by atoms with Crippen molar-refractivity contribution in [2.75, 3.05) is 37.7 Å². The van der Waals surface area contributed by atoms with Crippen molar-refractivity contribution in [2.24, 2.45) is 0 Å². The van der Waals surface area contributed by atoms with Crippen molar-refractivity contribution in [2.45, 2.75) is 0 Å². The lowest BCUT2D eigenvalue weighted by Gasteiger charge is -2.37. The van der Waals surface area contributed by atoms with E-state index in [2.05, 4.69) is 10.4 Å². The third kappa shape index (κ3) is 3.00.